The molecule has 1 amide bonds. The molecule has 0 unspecified atom stereocenters. The summed E-state index contributed by atoms with van der Waals surface area (Å²) >= 11 is 0. The van der Waals surface area contributed by atoms with E-state index in [1.54, 1.807) is 13.2 Å². The minimum atomic E-state index is -0.131. The van der Waals surface area contributed by atoms with Crippen LogP contribution in [0.2, 0.25) is 0 Å². The molecular weight excluding hydrogens is 292 g/mol. The number of aromatic nitrogens is 2. The highest BCUT2D eigenvalue weighted by Gasteiger charge is 2.11. The quantitative estimate of drug-likeness (QED) is 0.768. The fourth-order valence-corrected chi connectivity index (χ4v) is 2.21. The van der Waals surface area contributed by atoms with Gasteiger partial charge in [0.25, 0.3) is 5.91 Å². The predicted molar refractivity (Wildman–Crippen MR) is 90.1 cm³/mol. The highest BCUT2D eigenvalue weighted by Crippen LogP contribution is 2.19. The van der Waals surface area contributed by atoms with Crippen LogP contribution in [-0.4, -0.2) is 36.1 Å². The van der Waals surface area contributed by atoms with Crippen LogP contribution in [0.5, 0.6) is 0 Å². The standard InChI is InChI=1S/C17H22N4O2/c1-12-11-13(2)20-17(19-12)21-15-8-5-4-7-14(15)16(22)18-9-6-10-23-3/h4-5,7-8,11H,6,9-10H2,1-3H3,(H,18,22)(H,19,20,21). The lowest BCUT2D eigenvalue weighted by molar-refractivity contribution is 0.0949. The van der Waals surface area contributed by atoms with Crippen molar-refractivity contribution in [3.8, 4) is 0 Å². The minimum Gasteiger partial charge on any atom is -0.385 e. The van der Waals surface area contributed by atoms with Gasteiger partial charge in [-0.15, -0.1) is 0 Å². The lowest BCUT2D eigenvalue weighted by atomic mass is 10.1. The molecule has 2 aromatic rings. The SMILES string of the molecule is COCCCNC(=O)c1ccccc1Nc1nc(C)cc(C)n1. The van der Waals surface area contributed by atoms with E-state index in [1.165, 1.54) is 0 Å². The van der Waals surface area contributed by atoms with E-state index in [0.29, 0.717) is 30.4 Å². The summed E-state index contributed by atoms with van der Waals surface area (Å²) in [4.78, 5) is 21.0. The molecule has 0 saturated heterocycles. The Morgan fingerprint density at radius 3 is 2.57 bits per heavy atom. The maximum Gasteiger partial charge on any atom is 0.253 e. The van der Waals surface area contributed by atoms with Crippen LogP contribution in [0.3, 0.4) is 0 Å². The summed E-state index contributed by atoms with van der Waals surface area (Å²) < 4.78 is 4.97. The molecule has 23 heavy (non-hydrogen) atoms. The Morgan fingerprint density at radius 1 is 1.17 bits per heavy atom. The third kappa shape index (κ3) is 5.03. The second-order valence-corrected chi connectivity index (χ2v) is 5.25. The summed E-state index contributed by atoms with van der Waals surface area (Å²) in [6, 6.07) is 9.21. The summed E-state index contributed by atoms with van der Waals surface area (Å²) in [6.45, 7) is 5.01. The Bertz CT molecular complexity index is 653. The van der Waals surface area contributed by atoms with Gasteiger partial charge in [0, 0.05) is 31.6 Å². The molecule has 0 bridgehead atoms. The van der Waals surface area contributed by atoms with Gasteiger partial charge in [-0.3, -0.25) is 4.79 Å². The number of nitrogens with one attached hydrogen (secondary N) is 2. The third-order valence-electron chi connectivity index (χ3n) is 3.21. The Balaban J connectivity index is 2.12. The van der Waals surface area contributed by atoms with Crippen molar-refractivity contribution in [2.24, 2.45) is 0 Å². The number of carbonyl (C=O) groups excluding carboxylic acids is 1. The molecular formula is C17H22N4O2. The van der Waals surface area contributed by atoms with Crippen LogP contribution in [0, 0.1) is 13.8 Å². The van der Waals surface area contributed by atoms with Crippen LogP contribution in [0.25, 0.3) is 0 Å². The summed E-state index contributed by atoms with van der Waals surface area (Å²) in [5, 5.41) is 6.01. The highest BCUT2D eigenvalue weighted by atomic mass is 16.5. The van der Waals surface area contributed by atoms with Crippen LogP contribution >= 0.6 is 0 Å². The van der Waals surface area contributed by atoms with Gasteiger partial charge in [0.2, 0.25) is 5.95 Å². The summed E-state index contributed by atoms with van der Waals surface area (Å²) in [6.07, 6.45) is 0.776. The van der Waals surface area contributed by atoms with Crippen LogP contribution in [0.4, 0.5) is 11.6 Å². The van der Waals surface area contributed by atoms with Gasteiger partial charge in [-0.1, -0.05) is 12.1 Å². The first-order valence-corrected chi connectivity index (χ1v) is 7.55. The van der Waals surface area contributed by atoms with Gasteiger partial charge < -0.3 is 15.4 Å². The molecule has 6 nitrogen and oxygen atoms in total. The second-order valence-electron chi connectivity index (χ2n) is 5.25. The minimum absolute atomic E-state index is 0.131. The zero-order valence-electron chi connectivity index (χ0n) is 13.7. The number of methoxy groups -OCH3 is 1. The third-order valence-corrected chi connectivity index (χ3v) is 3.21. The number of hydrogen-bond donors (Lipinski definition) is 2. The van der Waals surface area contributed by atoms with Crippen molar-refractivity contribution in [2.75, 3.05) is 25.6 Å². The molecule has 2 N–H and O–H groups in total. The normalized spacial score (nSPS) is 10.4. The van der Waals surface area contributed by atoms with Crippen molar-refractivity contribution in [3.05, 3.63) is 47.3 Å². The molecule has 122 valence electrons. The van der Waals surface area contributed by atoms with Gasteiger partial charge in [-0.25, -0.2) is 9.97 Å². The maximum atomic E-state index is 12.3. The number of amides is 1. The van der Waals surface area contributed by atoms with Crippen molar-refractivity contribution >= 4 is 17.5 Å². The van der Waals surface area contributed by atoms with Gasteiger partial charge in [-0.2, -0.15) is 0 Å². The molecule has 0 aliphatic carbocycles. The molecule has 1 aromatic heterocycles. The van der Waals surface area contributed by atoms with E-state index in [1.807, 2.05) is 38.1 Å². The number of benzene rings is 1. The Morgan fingerprint density at radius 2 is 1.87 bits per heavy atom. The summed E-state index contributed by atoms with van der Waals surface area (Å²) in [7, 11) is 1.64. The number of nitrogens with zero attached hydrogens (tertiary/aromatic N) is 2. The number of rotatable bonds is 7. The van der Waals surface area contributed by atoms with E-state index >= 15 is 0 Å². The van der Waals surface area contributed by atoms with Crippen molar-refractivity contribution < 1.29 is 9.53 Å². The Labute approximate surface area is 136 Å². The highest BCUT2D eigenvalue weighted by molar-refractivity contribution is 6.00. The fourth-order valence-electron chi connectivity index (χ4n) is 2.21. The van der Waals surface area contributed by atoms with Crippen LogP contribution < -0.4 is 10.6 Å². The zero-order valence-corrected chi connectivity index (χ0v) is 13.7. The first-order valence-electron chi connectivity index (χ1n) is 7.55. The van der Waals surface area contributed by atoms with Gasteiger partial charge in [0.1, 0.15) is 0 Å². The molecule has 0 spiro atoms. The molecule has 2 rings (SSSR count). The van der Waals surface area contributed by atoms with Gasteiger partial charge in [0.05, 0.1) is 11.3 Å². The lowest BCUT2D eigenvalue weighted by Gasteiger charge is -2.12. The maximum absolute atomic E-state index is 12.3. The molecule has 1 heterocycles. The molecule has 0 fully saturated rings. The molecule has 0 atom stereocenters. The number of para-hydroxylation sites is 1. The predicted octanol–water partition coefficient (Wildman–Crippen LogP) is 2.60. The van der Waals surface area contributed by atoms with Crippen molar-refractivity contribution in [2.45, 2.75) is 20.3 Å². The van der Waals surface area contributed by atoms with E-state index in [-0.39, 0.29) is 5.91 Å². The smallest absolute Gasteiger partial charge is 0.253 e. The van der Waals surface area contributed by atoms with Crippen LogP contribution in [-0.2, 0) is 4.74 Å². The second kappa shape index (κ2) is 8.24. The summed E-state index contributed by atoms with van der Waals surface area (Å²) in [5.74, 6) is 0.357. The summed E-state index contributed by atoms with van der Waals surface area (Å²) in [5.41, 5.74) is 3.00. The van der Waals surface area contributed by atoms with Crippen molar-refractivity contribution in [1.29, 1.82) is 0 Å². The number of ether oxygens (including phenoxy) is 1. The monoisotopic (exact) mass is 314 g/mol. The van der Waals surface area contributed by atoms with Crippen molar-refractivity contribution in [3.63, 3.8) is 0 Å². The first kappa shape index (κ1) is 16.9. The van der Waals surface area contributed by atoms with E-state index in [0.717, 1.165) is 17.8 Å². The Hall–Kier alpha value is -2.47. The lowest BCUT2D eigenvalue weighted by Crippen LogP contribution is -2.26. The Kier molecular flexibility index (Phi) is 6.05. The molecule has 0 radical (unpaired) electrons. The number of carbonyl (C=O) groups is 1. The topological polar surface area (TPSA) is 76.1 Å². The van der Waals surface area contributed by atoms with Crippen molar-refractivity contribution in [1.82, 2.24) is 15.3 Å². The van der Waals surface area contributed by atoms with Gasteiger partial charge in [-0.05, 0) is 38.5 Å². The zero-order chi connectivity index (χ0) is 16.7. The first-order chi connectivity index (χ1) is 11.1. The van der Waals surface area contributed by atoms with Crippen LogP contribution in [0.1, 0.15) is 28.2 Å². The molecule has 6 heteroatoms. The average Bonchev–Trinajstić information content (AvgIpc) is 2.51. The number of hydrogen-bond acceptors (Lipinski definition) is 5. The largest absolute Gasteiger partial charge is 0.385 e. The molecule has 0 aliphatic rings. The van der Waals surface area contributed by atoms with E-state index in [2.05, 4.69) is 20.6 Å². The van der Waals surface area contributed by atoms with Gasteiger partial charge in [0.15, 0.2) is 0 Å². The van der Waals surface area contributed by atoms with E-state index in [9.17, 15) is 4.79 Å². The average molecular weight is 314 g/mol. The molecule has 0 aliphatic heterocycles. The van der Waals surface area contributed by atoms with E-state index < -0.39 is 0 Å². The number of aryl methyl sites for hydroxylation is 2. The fraction of sp³-hybridized carbons (Fsp3) is 0.353. The van der Waals surface area contributed by atoms with Gasteiger partial charge >= 0.3 is 0 Å². The van der Waals surface area contributed by atoms with Crippen LogP contribution in [0.15, 0.2) is 30.3 Å². The molecule has 0 saturated carbocycles. The molecule has 1 aromatic carbocycles. The van der Waals surface area contributed by atoms with E-state index in [4.69, 9.17) is 4.74 Å². The number of anilines is 2.